The molecule has 0 spiro atoms. The number of nitrogens with zero attached hydrogens (tertiary/aromatic N) is 2. The maximum Gasteiger partial charge on any atom is 0.162 e. The summed E-state index contributed by atoms with van der Waals surface area (Å²) in [7, 11) is 0. The highest BCUT2D eigenvalue weighted by Gasteiger charge is 2.18. The summed E-state index contributed by atoms with van der Waals surface area (Å²) in [6.07, 6.45) is 3.74. The molecule has 3 rings (SSSR count). The number of piperidine rings is 1. The Balaban J connectivity index is 1.68. The molecule has 4 nitrogen and oxygen atoms in total. The molecule has 1 fully saturated rings. The summed E-state index contributed by atoms with van der Waals surface area (Å²) >= 11 is 1.67. The molecule has 1 unspecified atom stereocenters. The van der Waals surface area contributed by atoms with Crippen molar-refractivity contribution in [1.82, 2.24) is 9.88 Å². The fourth-order valence-electron chi connectivity index (χ4n) is 2.44. The minimum atomic E-state index is -0.172. The van der Waals surface area contributed by atoms with Gasteiger partial charge in [0.1, 0.15) is 5.76 Å². The zero-order chi connectivity index (χ0) is 13.2. The van der Waals surface area contributed by atoms with E-state index in [4.69, 9.17) is 4.42 Å². The molecule has 3 heterocycles. The molecule has 1 aliphatic heterocycles. The van der Waals surface area contributed by atoms with Gasteiger partial charge in [0, 0.05) is 24.2 Å². The largest absolute Gasteiger partial charge is 0.459 e. The topological polar surface area (TPSA) is 49.5 Å². The molecular weight excluding hydrogens is 260 g/mol. The number of aryl methyl sites for hydroxylation is 1. The van der Waals surface area contributed by atoms with Crippen molar-refractivity contribution >= 4 is 11.3 Å². The number of furan rings is 1. The first-order valence-corrected chi connectivity index (χ1v) is 7.44. The van der Waals surface area contributed by atoms with Crippen LogP contribution in [-0.2, 0) is 6.54 Å². The number of rotatable bonds is 3. The van der Waals surface area contributed by atoms with Gasteiger partial charge in [0.2, 0.25) is 0 Å². The summed E-state index contributed by atoms with van der Waals surface area (Å²) in [5.74, 6) is 1.75. The SMILES string of the molecule is Cc1ccc(-c2ncc(CN3CCCC(O)C3)s2)o1. The van der Waals surface area contributed by atoms with Crippen LogP contribution in [0.3, 0.4) is 0 Å². The standard InChI is InChI=1S/C14H18N2O2S/c1-10-4-5-13(18-10)14-15-7-12(19-14)9-16-6-2-3-11(17)8-16/h4-5,7,11,17H,2-3,6,8-9H2,1H3. The number of aliphatic hydroxyl groups excluding tert-OH is 1. The van der Waals surface area contributed by atoms with Crippen LogP contribution in [0.4, 0.5) is 0 Å². The third kappa shape index (κ3) is 3.05. The number of likely N-dealkylation sites (tertiary alicyclic amines) is 1. The highest BCUT2D eigenvalue weighted by atomic mass is 32.1. The Bertz CT molecular complexity index is 549. The Hall–Kier alpha value is -1.17. The van der Waals surface area contributed by atoms with E-state index in [1.165, 1.54) is 4.88 Å². The van der Waals surface area contributed by atoms with Crippen LogP contribution in [0.1, 0.15) is 23.5 Å². The highest BCUT2D eigenvalue weighted by Crippen LogP contribution is 2.28. The molecule has 1 N–H and O–H groups in total. The first kappa shape index (κ1) is 12.8. The molecule has 0 radical (unpaired) electrons. The van der Waals surface area contributed by atoms with Gasteiger partial charge in [0.15, 0.2) is 10.8 Å². The van der Waals surface area contributed by atoms with Gasteiger partial charge in [-0.25, -0.2) is 4.98 Å². The van der Waals surface area contributed by atoms with Crippen molar-refractivity contribution in [3.8, 4) is 10.8 Å². The van der Waals surface area contributed by atoms with Crippen LogP contribution in [0.5, 0.6) is 0 Å². The third-order valence-electron chi connectivity index (χ3n) is 3.36. The van der Waals surface area contributed by atoms with Crippen molar-refractivity contribution in [2.75, 3.05) is 13.1 Å². The summed E-state index contributed by atoms with van der Waals surface area (Å²) in [5, 5.41) is 10.6. The monoisotopic (exact) mass is 278 g/mol. The Morgan fingerprint density at radius 1 is 1.53 bits per heavy atom. The molecule has 0 aliphatic carbocycles. The lowest BCUT2D eigenvalue weighted by molar-refractivity contribution is 0.0673. The Morgan fingerprint density at radius 3 is 3.16 bits per heavy atom. The van der Waals surface area contributed by atoms with Gasteiger partial charge in [-0.3, -0.25) is 4.90 Å². The summed E-state index contributed by atoms with van der Waals surface area (Å²) in [5.41, 5.74) is 0. The van der Waals surface area contributed by atoms with Crippen LogP contribution in [0, 0.1) is 6.92 Å². The van der Waals surface area contributed by atoms with Crippen molar-refractivity contribution in [2.24, 2.45) is 0 Å². The van der Waals surface area contributed by atoms with Gasteiger partial charge in [0.25, 0.3) is 0 Å². The minimum Gasteiger partial charge on any atom is -0.459 e. The summed E-state index contributed by atoms with van der Waals surface area (Å²) in [6.45, 7) is 4.64. The molecule has 2 aromatic rings. The predicted octanol–water partition coefficient (Wildman–Crippen LogP) is 2.67. The number of β-amino-alcohol motifs (C(OH)–C–C–N with tert-alkyl or cyclic N) is 1. The lowest BCUT2D eigenvalue weighted by atomic mass is 10.1. The molecular formula is C14H18N2O2S. The van der Waals surface area contributed by atoms with Gasteiger partial charge < -0.3 is 9.52 Å². The highest BCUT2D eigenvalue weighted by molar-refractivity contribution is 7.14. The van der Waals surface area contributed by atoms with Crippen molar-refractivity contribution in [1.29, 1.82) is 0 Å². The van der Waals surface area contributed by atoms with Crippen molar-refractivity contribution in [2.45, 2.75) is 32.4 Å². The molecule has 1 atom stereocenters. The van der Waals surface area contributed by atoms with E-state index in [0.29, 0.717) is 0 Å². The minimum absolute atomic E-state index is 0.172. The maximum absolute atomic E-state index is 9.67. The van der Waals surface area contributed by atoms with E-state index < -0.39 is 0 Å². The molecule has 0 amide bonds. The molecule has 0 saturated carbocycles. The second-order valence-corrected chi connectivity index (χ2v) is 6.19. The van der Waals surface area contributed by atoms with E-state index in [-0.39, 0.29) is 6.10 Å². The van der Waals surface area contributed by atoms with Crippen LogP contribution in [0.15, 0.2) is 22.7 Å². The second-order valence-electron chi connectivity index (χ2n) is 5.07. The Morgan fingerprint density at radius 2 is 2.42 bits per heavy atom. The van der Waals surface area contributed by atoms with Gasteiger partial charge in [0.05, 0.1) is 6.10 Å². The molecule has 1 aliphatic rings. The van der Waals surface area contributed by atoms with E-state index in [0.717, 1.165) is 49.0 Å². The zero-order valence-corrected chi connectivity index (χ0v) is 11.8. The predicted molar refractivity (Wildman–Crippen MR) is 75.1 cm³/mol. The van der Waals surface area contributed by atoms with E-state index in [9.17, 15) is 5.11 Å². The number of aliphatic hydroxyl groups is 1. The van der Waals surface area contributed by atoms with Crippen molar-refractivity contribution in [3.63, 3.8) is 0 Å². The first-order valence-electron chi connectivity index (χ1n) is 6.62. The molecule has 0 bridgehead atoms. The van der Waals surface area contributed by atoms with Crippen molar-refractivity contribution < 1.29 is 9.52 Å². The molecule has 0 aromatic carbocycles. The summed E-state index contributed by atoms with van der Waals surface area (Å²) < 4.78 is 5.58. The third-order valence-corrected chi connectivity index (χ3v) is 4.36. The van der Waals surface area contributed by atoms with Crippen LogP contribution < -0.4 is 0 Å². The average Bonchev–Trinajstić information content (AvgIpc) is 2.98. The zero-order valence-electron chi connectivity index (χ0n) is 11.0. The van der Waals surface area contributed by atoms with Crippen molar-refractivity contribution in [3.05, 3.63) is 29.0 Å². The van der Waals surface area contributed by atoms with E-state index in [1.54, 1.807) is 11.3 Å². The molecule has 1 saturated heterocycles. The van der Waals surface area contributed by atoms with Gasteiger partial charge in [-0.1, -0.05) is 0 Å². The second kappa shape index (κ2) is 5.45. The summed E-state index contributed by atoms with van der Waals surface area (Å²) in [6, 6.07) is 3.92. The van der Waals surface area contributed by atoms with Gasteiger partial charge >= 0.3 is 0 Å². The summed E-state index contributed by atoms with van der Waals surface area (Å²) in [4.78, 5) is 7.93. The van der Waals surface area contributed by atoms with Crippen LogP contribution in [0.25, 0.3) is 10.8 Å². The lowest BCUT2D eigenvalue weighted by Crippen LogP contribution is -2.37. The Labute approximate surface area is 116 Å². The average molecular weight is 278 g/mol. The molecule has 5 heteroatoms. The fraction of sp³-hybridized carbons (Fsp3) is 0.500. The van der Waals surface area contributed by atoms with Crippen LogP contribution >= 0.6 is 11.3 Å². The first-order chi connectivity index (χ1) is 9.20. The molecule has 2 aromatic heterocycles. The van der Waals surface area contributed by atoms with Gasteiger partial charge in [-0.05, 0) is 38.4 Å². The molecule has 19 heavy (non-hydrogen) atoms. The number of hydrogen-bond donors (Lipinski definition) is 1. The number of hydrogen-bond acceptors (Lipinski definition) is 5. The van der Waals surface area contributed by atoms with Gasteiger partial charge in [-0.15, -0.1) is 11.3 Å². The molecule has 102 valence electrons. The maximum atomic E-state index is 9.67. The van der Waals surface area contributed by atoms with E-state index >= 15 is 0 Å². The lowest BCUT2D eigenvalue weighted by Gasteiger charge is -2.29. The van der Waals surface area contributed by atoms with Gasteiger partial charge in [-0.2, -0.15) is 0 Å². The van der Waals surface area contributed by atoms with E-state index in [2.05, 4.69) is 9.88 Å². The van der Waals surface area contributed by atoms with Crippen LogP contribution in [-0.4, -0.2) is 34.2 Å². The van der Waals surface area contributed by atoms with Crippen LogP contribution in [0.2, 0.25) is 0 Å². The quantitative estimate of drug-likeness (QED) is 0.937. The Kier molecular flexibility index (Phi) is 3.68. The fourth-order valence-corrected chi connectivity index (χ4v) is 3.36. The number of aromatic nitrogens is 1. The normalized spacial score (nSPS) is 20.8. The number of thiazole rings is 1. The smallest absolute Gasteiger partial charge is 0.162 e. The van der Waals surface area contributed by atoms with E-state index in [1.807, 2.05) is 25.3 Å².